The number of ether oxygens (including phenoxy) is 2. The van der Waals surface area contributed by atoms with Gasteiger partial charge in [0.15, 0.2) is 0 Å². The van der Waals surface area contributed by atoms with E-state index in [2.05, 4.69) is 53.5 Å². The van der Waals surface area contributed by atoms with Crippen molar-refractivity contribution in [3.8, 4) is 11.1 Å². The van der Waals surface area contributed by atoms with Gasteiger partial charge in [-0.05, 0) is 53.6 Å². The normalized spacial score (nSPS) is 14.4. The molecule has 1 fully saturated rings. The standard InChI is InChI=1S/C25H25NO3/c1-2-29-24(27)25(13-14-25)23-11-9-22(10-12-23)21-7-5-19(6-8-21)17-28-18-20-4-3-15-26-16-20/h3-12,15-16H,2,13-14,17-18H2,1H3. The Morgan fingerprint density at radius 3 is 2.17 bits per heavy atom. The van der Waals surface area contributed by atoms with E-state index in [0.29, 0.717) is 19.8 Å². The van der Waals surface area contributed by atoms with Crippen LogP contribution in [0.4, 0.5) is 0 Å². The van der Waals surface area contributed by atoms with Crippen LogP contribution >= 0.6 is 0 Å². The Kier molecular flexibility index (Phi) is 5.72. The fourth-order valence-corrected chi connectivity index (χ4v) is 3.55. The maximum absolute atomic E-state index is 12.3. The molecule has 1 aliphatic carbocycles. The predicted octanol–water partition coefficient (Wildman–Crippen LogP) is 5.06. The van der Waals surface area contributed by atoms with Crippen LogP contribution in [0, 0.1) is 0 Å². The largest absolute Gasteiger partial charge is 0.465 e. The van der Waals surface area contributed by atoms with Crippen molar-refractivity contribution in [3.63, 3.8) is 0 Å². The summed E-state index contributed by atoms with van der Waals surface area (Å²) >= 11 is 0. The van der Waals surface area contributed by atoms with Gasteiger partial charge in [-0.25, -0.2) is 0 Å². The van der Waals surface area contributed by atoms with E-state index in [1.165, 1.54) is 0 Å². The minimum absolute atomic E-state index is 0.0941. The third kappa shape index (κ3) is 4.38. The molecule has 0 unspecified atom stereocenters. The molecule has 0 bridgehead atoms. The highest BCUT2D eigenvalue weighted by Crippen LogP contribution is 2.49. The van der Waals surface area contributed by atoms with E-state index in [4.69, 9.17) is 9.47 Å². The Morgan fingerprint density at radius 1 is 0.931 bits per heavy atom. The monoisotopic (exact) mass is 387 g/mol. The lowest BCUT2D eigenvalue weighted by Crippen LogP contribution is -2.23. The summed E-state index contributed by atoms with van der Waals surface area (Å²) in [5.41, 5.74) is 5.13. The van der Waals surface area contributed by atoms with Gasteiger partial charge in [0.05, 0.1) is 25.2 Å². The van der Waals surface area contributed by atoms with Gasteiger partial charge in [0, 0.05) is 12.4 Å². The number of carbonyl (C=O) groups excluding carboxylic acids is 1. The van der Waals surface area contributed by atoms with E-state index in [1.807, 2.05) is 25.3 Å². The summed E-state index contributed by atoms with van der Waals surface area (Å²) in [5, 5.41) is 0. The first-order chi connectivity index (χ1) is 14.2. The zero-order valence-electron chi connectivity index (χ0n) is 16.6. The molecule has 0 saturated heterocycles. The molecule has 1 aliphatic rings. The summed E-state index contributed by atoms with van der Waals surface area (Å²) in [6, 6.07) is 20.6. The van der Waals surface area contributed by atoms with Gasteiger partial charge in [-0.1, -0.05) is 54.6 Å². The van der Waals surface area contributed by atoms with Gasteiger partial charge in [-0.2, -0.15) is 0 Å². The molecule has 2 aromatic carbocycles. The van der Waals surface area contributed by atoms with Gasteiger partial charge in [-0.15, -0.1) is 0 Å². The molecule has 29 heavy (non-hydrogen) atoms. The highest BCUT2D eigenvalue weighted by Gasteiger charge is 2.52. The Hall–Kier alpha value is -2.98. The zero-order chi connectivity index (χ0) is 20.1. The van der Waals surface area contributed by atoms with Gasteiger partial charge >= 0.3 is 5.97 Å². The Balaban J connectivity index is 1.37. The molecule has 1 saturated carbocycles. The number of carbonyl (C=O) groups is 1. The number of aromatic nitrogens is 1. The Labute approximate surface area is 171 Å². The first-order valence-electron chi connectivity index (χ1n) is 10.0. The van der Waals surface area contributed by atoms with Crippen LogP contribution in [-0.4, -0.2) is 17.6 Å². The summed E-state index contributed by atoms with van der Waals surface area (Å²) in [4.78, 5) is 16.4. The van der Waals surface area contributed by atoms with E-state index in [-0.39, 0.29) is 5.97 Å². The smallest absolute Gasteiger partial charge is 0.316 e. The van der Waals surface area contributed by atoms with Gasteiger partial charge in [0.2, 0.25) is 0 Å². The maximum atomic E-state index is 12.3. The lowest BCUT2D eigenvalue weighted by molar-refractivity contribution is -0.146. The quantitative estimate of drug-likeness (QED) is 0.507. The fourth-order valence-electron chi connectivity index (χ4n) is 3.55. The van der Waals surface area contributed by atoms with Crippen LogP contribution in [0.3, 0.4) is 0 Å². The third-order valence-corrected chi connectivity index (χ3v) is 5.40. The lowest BCUT2D eigenvalue weighted by Gasteiger charge is -2.14. The van der Waals surface area contributed by atoms with Crippen molar-refractivity contribution in [1.29, 1.82) is 0 Å². The minimum Gasteiger partial charge on any atom is -0.465 e. The summed E-state index contributed by atoms with van der Waals surface area (Å²) in [6.07, 6.45) is 5.33. The topological polar surface area (TPSA) is 48.4 Å². The second-order valence-corrected chi connectivity index (χ2v) is 7.43. The molecular formula is C25H25NO3. The number of hydrogen-bond acceptors (Lipinski definition) is 4. The van der Waals surface area contributed by atoms with Crippen molar-refractivity contribution in [1.82, 2.24) is 4.98 Å². The van der Waals surface area contributed by atoms with Crippen molar-refractivity contribution in [3.05, 3.63) is 89.7 Å². The molecule has 0 aliphatic heterocycles. The number of nitrogens with zero attached hydrogens (tertiary/aromatic N) is 1. The first kappa shape index (κ1) is 19.3. The van der Waals surface area contributed by atoms with Crippen molar-refractivity contribution < 1.29 is 14.3 Å². The van der Waals surface area contributed by atoms with Gasteiger partial charge in [0.1, 0.15) is 0 Å². The van der Waals surface area contributed by atoms with Crippen molar-refractivity contribution in [2.45, 2.75) is 38.4 Å². The molecule has 0 atom stereocenters. The van der Waals surface area contributed by atoms with Crippen molar-refractivity contribution >= 4 is 5.97 Å². The van der Waals surface area contributed by atoms with E-state index in [0.717, 1.165) is 40.7 Å². The Bertz CT molecular complexity index is 946. The molecule has 0 amide bonds. The van der Waals surface area contributed by atoms with Crippen LogP contribution in [0.15, 0.2) is 73.1 Å². The van der Waals surface area contributed by atoms with Crippen LogP contribution < -0.4 is 0 Å². The molecule has 0 radical (unpaired) electrons. The molecule has 3 aromatic rings. The predicted molar refractivity (Wildman–Crippen MR) is 112 cm³/mol. The third-order valence-electron chi connectivity index (χ3n) is 5.40. The lowest BCUT2D eigenvalue weighted by atomic mass is 9.93. The van der Waals surface area contributed by atoms with E-state index >= 15 is 0 Å². The van der Waals surface area contributed by atoms with E-state index < -0.39 is 5.41 Å². The van der Waals surface area contributed by atoms with Crippen LogP contribution in [0.1, 0.15) is 36.5 Å². The van der Waals surface area contributed by atoms with Crippen LogP contribution in [0.5, 0.6) is 0 Å². The molecule has 1 heterocycles. The Morgan fingerprint density at radius 2 is 1.59 bits per heavy atom. The number of benzene rings is 2. The second-order valence-electron chi connectivity index (χ2n) is 7.43. The minimum atomic E-state index is -0.413. The number of pyridine rings is 1. The average Bonchev–Trinajstić information content (AvgIpc) is 3.58. The molecular weight excluding hydrogens is 362 g/mol. The van der Waals surface area contributed by atoms with Crippen molar-refractivity contribution in [2.24, 2.45) is 0 Å². The fraction of sp³-hybridized carbons (Fsp3) is 0.280. The number of hydrogen-bond donors (Lipinski definition) is 0. The highest BCUT2D eigenvalue weighted by atomic mass is 16.5. The SMILES string of the molecule is CCOC(=O)C1(c2ccc(-c3ccc(COCc4cccnc4)cc3)cc2)CC1. The summed E-state index contributed by atoms with van der Waals surface area (Å²) in [6.45, 7) is 3.40. The molecule has 0 spiro atoms. The zero-order valence-corrected chi connectivity index (χ0v) is 16.6. The summed E-state index contributed by atoms with van der Waals surface area (Å²) in [5.74, 6) is -0.0941. The van der Waals surface area contributed by atoms with Crippen LogP contribution in [0.2, 0.25) is 0 Å². The highest BCUT2D eigenvalue weighted by molar-refractivity contribution is 5.86. The van der Waals surface area contributed by atoms with Gasteiger partial charge < -0.3 is 9.47 Å². The first-order valence-corrected chi connectivity index (χ1v) is 10.0. The van der Waals surface area contributed by atoms with Gasteiger partial charge in [0.25, 0.3) is 0 Å². The molecule has 4 heteroatoms. The molecule has 4 rings (SSSR count). The summed E-state index contributed by atoms with van der Waals surface area (Å²) in [7, 11) is 0. The maximum Gasteiger partial charge on any atom is 0.316 e. The van der Waals surface area contributed by atoms with E-state index in [9.17, 15) is 4.79 Å². The van der Waals surface area contributed by atoms with Crippen LogP contribution in [-0.2, 0) is 32.9 Å². The van der Waals surface area contributed by atoms with E-state index in [1.54, 1.807) is 6.20 Å². The second kappa shape index (κ2) is 8.58. The summed E-state index contributed by atoms with van der Waals surface area (Å²) < 4.78 is 11.0. The number of esters is 1. The van der Waals surface area contributed by atoms with Crippen molar-refractivity contribution in [2.75, 3.05) is 6.61 Å². The molecule has 4 nitrogen and oxygen atoms in total. The molecule has 148 valence electrons. The number of rotatable bonds is 8. The van der Waals surface area contributed by atoms with Crippen LogP contribution in [0.25, 0.3) is 11.1 Å². The average molecular weight is 387 g/mol. The van der Waals surface area contributed by atoms with Gasteiger partial charge in [-0.3, -0.25) is 9.78 Å². The molecule has 0 N–H and O–H groups in total. The molecule has 1 aromatic heterocycles.